The van der Waals surface area contributed by atoms with Gasteiger partial charge in [0.05, 0.1) is 29.1 Å². The van der Waals surface area contributed by atoms with E-state index in [1.54, 1.807) is 94.1 Å². The molecule has 0 aromatic carbocycles. The van der Waals surface area contributed by atoms with Gasteiger partial charge in [0.2, 0.25) is 0 Å². The first-order chi connectivity index (χ1) is 22.0. The van der Waals surface area contributed by atoms with Gasteiger partial charge in [-0.15, -0.1) is 141 Å². The molecule has 0 aromatic heterocycles. The molecule has 0 radical (unpaired) electrons. The van der Waals surface area contributed by atoms with Crippen LogP contribution in [-0.4, -0.2) is 135 Å². The van der Waals surface area contributed by atoms with E-state index in [-0.39, 0.29) is 28.9 Å². The van der Waals surface area contributed by atoms with Gasteiger partial charge < -0.3 is 24.2 Å². The van der Waals surface area contributed by atoms with E-state index in [2.05, 4.69) is 0 Å². The monoisotopic (exact) mass is 912 g/mol. The summed E-state index contributed by atoms with van der Waals surface area (Å²) < 4.78 is 22.4. The van der Waals surface area contributed by atoms with Crippen molar-refractivity contribution in [3.63, 3.8) is 0 Å². The lowest BCUT2D eigenvalue weighted by molar-refractivity contribution is -0.139. The molecule has 0 aliphatic carbocycles. The topological polar surface area (TPSA) is 133 Å². The minimum Gasteiger partial charge on any atom is -0.616 e. The van der Waals surface area contributed by atoms with Gasteiger partial charge in [0.1, 0.15) is 17.6 Å². The van der Waals surface area contributed by atoms with Crippen molar-refractivity contribution in [3.8, 4) is 0 Å². The van der Waals surface area contributed by atoms with Gasteiger partial charge in [-0.3, -0.25) is 14.4 Å². The van der Waals surface area contributed by atoms with Crippen molar-refractivity contribution in [2.45, 2.75) is 0 Å². The molecule has 1 atom stereocenters. The van der Waals surface area contributed by atoms with Crippen molar-refractivity contribution >= 4 is 193 Å². The molecule has 0 bridgehead atoms. The van der Waals surface area contributed by atoms with E-state index in [1.165, 1.54) is 70.6 Å². The fourth-order valence-electron chi connectivity index (χ4n) is 1.97. The summed E-state index contributed by atoms with van der Waals surface area (Å²) in [6.45, 7) is 0. The standard InChI is InChI=1S/C22H40O8S15/c23-6-35-14-37-8-29-20(25)3-32-11-39-10-31-1-2-45(28)19-43-17-41-16-42-18-44-22(27)5-34-13-40-12-33-4-21(26)30-9-38-15-36-7-24/h23-24H,1-19H2. The molecular weight excluding hydrogens is 873 g/mol. The quantitative estimate of drug-likeness (QED) is 0.0292. The molecule has 8 nitrogen and oxygen atoms in total. The molecule has 0 rings (SSSR count). The minimum atomic E-state index is -0.821. The second-order valence-corrected chi connectivity index (χ2v) is 26.2. The van der Waals surface area contributed by atoms with E-state index in [4.69, 9.17) is 19.7 Å². The molecule has 0 aliphatic rings. The maximum Gasteiger partial charge on any atom is 0.316 e. The van der Waals surface area contributed by atoms with E-state index < -0.39 is 11.2 Å². The van der Waals surface area contributed by atoms with Crippen molar-refractivity contribution in [1.29, 1.82) is 0 Å². The third kappa shape index (κ3) is 40.4. The van der Waals surface area contributed by atoms with Gasteiger partial charge in [0, 0.05) is 51.5 Å². The highest BCUT2D eigenvalue weighted by molar-refractivity contribution is 8.30. The molecule has 0 spiro atoms. The second kappa shape index (κ2) is 40.5. The second-order valence-electron chi connectivity index (χ2n) is 7.16. The Morgan fingerprint density at radius 3 is 1.53 bits per heavy atom. The summed E-state index contributed by atoms with van der Waals surface area (Å²) in [6, 6.07) is 0. The van der Waals surface area contributed by atoms with Crippen LogP contribution < -0.4 is 0 Å². The maximum atomic E-state index is 12.2. The number of carbonyl (C=O) groups is 3. The molecule has 2 N–H and O–H groups in total. The molecule has 23 heteroatoms. The molecule has 45 heavy (non-hydrogen) atoms. The molecule has 0 amide bonds. The van der Waals surface area contributed by atoms with Crippen molar-refractivity contribution < 1.29 is 38.6 Å². The fraction of sp³-hybridized carbons (Fsp3) is 0.864. The zero-order valence-corrected chi connectivity index (χ0v) is 36.7. The first kappa shape index (κ1) is 48.7. The maximum absolute atomic E-state index is 12.2. The summed E-state index contributed by atoms with van der Waals surface area (Å²) in [5.41, 5.74) is 0. The molecular formula is C22H40O8S15. The number of esters is 2. The zero-order chi connectivity index (χ0) is 33.1. The van der Waals surface area contributed by atoms with Crippen LogP contribution in [0.3, 0.4) is 0 Å². The van der Waals surface area contributed by atoms with Gasteiger partial charge >= 0.3 is 11.9 Å². The van der Waals surface area contributed by atoms with Crippen LogP contribution in [-0.2, 0) is 35.0 Å². The third-order valence-corrected chi connectivity index (χ3v) is 21.6. The number of ether oxygens (including phenoxy) is 2. The van der Waals surface area contributed by atoms with Crippen LogP contribution in [0.5, 0.6) is 0 Å². The molecule has 0 aromatic rings. The Morgan fingerprint density at radius 2 is 0.978 bits per heavy atom. The number of aliphatic hydroxyl groups excluding tert-OH is 2. The number of thioether (sulfide) groups is 14. The van der Waals surface area contributed by atoms with Crippen LogP contribution in [0.4, 0.5) is 0 Å². The summed E-state index contributed by atoms with van der Waals surface area (Å²) in [5, 5.41) is 25.5. The van der Waals surface area contributed by atoms with Crippen molar-refractivity contribution in [2.75, 3.05) is 103 Å². The Balaban J connectivity index is 3.35. The van der Waals surface area contributed by atoms with Crippen LogP contribution in [0.25, 0.3) is 0 Å². The average molecular weight is 914 g/mol. The van der Waals surface area contributed by atoms with E-state index in [1.807, 2.05) is 0 Å². The lowest BCUT2D eigenvalue weighted by Gasteiger charge is -2.10. The van der Waals surface area contributed by atoms with Crippen LogP contribution in [0.15, 0.2) is 0 Å². The lowest BCUT2D eigenvalue weighted by atomic mass is 10.8. The minimum absolute atomic E-state index is 0.0716. The predicted molar refractivity (Wildman–Crippen MR) is 229 cm³/mol. The molecule has 1 unspecified atom stereocenters. The SMILES string of the molecule is O=C(CSCSCSCC[S+]([O-])CSCSCSCSC(=O)CSCSCSCC(=O)OCSCSCO)OCSCSCO. The van der Waals surface area contributed by atoms with Crippen LogP contribution in [0, 0.1) is 0 Å². The van der Waals surface area contributed by atoms with Gasteiger partial charge in [-0.2, -0.15) is 0 Å². The van der Waals surface area contributed by atoms with Crippen molar-refractivity contribution in [2.24, 2.45) is 0 Å². The van der Waals surface area contributed by atoms with E-state index in [0.717, 1.165) is 41.3 Å². The van der Waals surface area contributed by atoms with Crippen LogP contribution in [0.1, 0.15) is 0 Å². The van der Waals surface area contributed by atoms with Crippen LogP contribution >= 0.6 is 165 Å². The number of hydrogen-bond acceptors (Lipinski definition) is 22. The molecule has 0 fully saturated rings. The van der Waals surface area contributed by atoms with Gasteiger partial charge in [0.15, 0.2) is 10.2 Å². The molecule has 0 aliphatic heterocycles. The summed E-state index contributed by atoms with van der Waals surface area (Å²) in [5.74, 6) is 3.05. The van der Waals surface area contributed by atoms with Crippen molar-refractivity contribution in [3.05, 3.63) is 0 Å². The number of aliphatic hydroxyl groups is 2. The summed E-state index contributed by atoms with van der Waals surface area (Å²) in [4.78, 5) is 35.2. The lowest BCUT2D eigenvalue weighted by Crippen LogP contribution is -2.11. The molecule has 0 heterocycles. The summed E-state index contributed by atoms with van der Waals surface area (Å²) in [7, 11) is 0. The molecule has 266 valence electrons. The van der Waals surface area contributed by atoms with E-state index in [9.17, 15) is 18.9 Å². The third-order valence-electron chi connectivity index (χ3n) is 3.76. The van der Waals surface area contributed by atoms with E-state index >= 15 is 0 Å². The largest absolute Gasteiger partial charge is 0.616 e. The predicted octanol–water partition coefficient (Wildman–Crippen LogP) is 7.00. The summed E-state index contributed by atoms with van der Waals surface area (Å²) in [6.07, 6.45) is 0. The summed E-state index contributed by atoms with van der Waals surface area (Å²) >= 11 is 21.3. The highest BCUT2D eigenvalue weighted by Crippen LogP contribution is 2.25. The Labute approximate surface area is 331 Å². The first-order valence-electron chi connectivity index (χ1n) is 12.5. The molecule has 0 saturated heterocycles. The van der Waals surface area contributed by atoms with Gasteiger partial charge in [-0.25, -0.2) is 0 Å². The van der Waals surface area contributed by atoms with Gasteiger partial charge in [0.25, 0.3) is 0 Å². The smallest absolute Gasteiger partial charge is 0.316 e. The fourth-order valence-corrected chi connectivity index (χ4v) is 17.7. The Hall–Kier alpha value is 3.74. The van der Waals surface area contributed by atoms with Gasteiger partial charge in [-0.1, -0.05) is 23.5 Å². The van der Waals surface area contributed by atoms with Crippen molar-refractivity contribution in [1.82, 2.24) is 0 Å². The highest BCUT2D eigenvalue weighted by atomic mass is 32.3. The normalized spacial score (nSPS) is 11.9. The number of rotatable bonds is 35. The van der Waals surface area contributed by atoms with E-state index in [0.29, 0.717) is 50.1 Å². The number of hydrogen-bond donors (Lipinski definition) is 2. The first-order valence-corrected chi connectivity index (χ1v) is 30.0. The Kier molecular flexibility index (Phi) is 43.9. The van der Waals surface area contributed by atoms with Gasteiger partial charge in [-0.05, 0) is 11.2 Å². The zero-order valence-electron chi connectivity index (χ0n) is 24.4. The Morgan fingerprint density at radius 1 is 0.533 bits per heavy atom. The highest BCUT2D eigenvalue weighted by Gasteiger charge is 2.08. The number of carbonyl (C=O) groups excluding carboxylic acids is 3. The Bertz CT molecular complexity index is 705. The van der Waals surface area contributed by atoms with Crippen LogP contribution in [0.2, 0.25) is 0 Å². The molecule has 0 saturated carbocycles. The average Bonchev–Trinajstić information content (AvgIpc) is 3.02.